The summed E-state index contributed by atoms with van der Waals surface area (Å²) in [7, 11) is 0. The number of ether oxygens (including phenoxy) is 1. The molecule has 3 aromatic heterocycles. The fourth-order valence-electron chi connectivity index (χ4n) is 3.40. The summed E-state index contributed by atoms with van der Waals surface area (Å²) >= 11 is 4.35. The number of amides is 1. The van der Waals surface area contributed by atoms with Gasteiger partial charge in [0.1, 0.15) is 5.00 Å². The third-order valence-corrected chi connectivity index (χ3v) is 8.09. The Balaban J connectivity index is 1.51. The van der Waals surface area contributed by atoms with Crippen molar-refractivity contribution in [1.82, 2.24) is 14.8 Å². The van der Waals surface area contributed by atoms with Crippen molar-refractivity contribution in [2.75, 3.05) is 17.7 Å². The molecule has 10 heteroatoms. The first-order valence-electron chi connectivity index (χ1n) is 10.8. The van der Waals surface area contributed by atoms with Crippen molar-refractivity contribution in [2.45, 2.75) is 32.0 Å². The van der Waals surface area contributed by atoms with Gasteiger partial charge in [-0.1, -0.05) is 43.0 Å². The topological polar surface area (TPSA) is 86.1 Å². The summed E-state index contributed by atoms with van der Waals surface area (Å²) in [6, 6.07) is 9.95. The molecule has 4 rings (SSSR count). The van der Waals surface area contributed by atoms with Gasteiger partial charge in [-0.05, 0) is 25.5 Å². The normalized spacial score (nSPS) is 11.0. The molecular formula is C24H24N4O3S3. The molecule has 0 atom stereocenters. The van der Waals surface area contributed by atoms with E-state index >= 15 is 0 Å². The molecular weight excluding hydrogens is 488 g/mol. The number of carbonyl (C=O) groups excluding carboxylic acids is 2. The summed E-state index contributed by atoms with van der Waals surface area (Å²) in [6.45, 7) is 8.42. The number of nitrogens with zero attached hydrogens (tertiary/aromatic N) is 3. The van der Waals surface area contributed by atoms with E-state index in [-0.39, 0.29) is 18.3 Å². The largest absolute Gasteiger partial charge is 0.462 e. The number of esters is 1. The van der Waals surface area contributed by atoms with E-state index in [1.807, 2.05) is 23.6 Å². The number of hydrogen-bond donors (Lipinski definition) is 1. The lowest BCUT2D eigenvalue weighted by Gasteiger charge is -2.08. The number of aryl methyl sites for hydroxylation is 1. The smallest absolute Gasteiger partial charge is 0.341 e. The highest BCUT2D eigenvalue weighted by molar-refractivity contribution is 7.99. The lowest BCUT2D eigenvalue weighted by molar-refractivity contribution is -0.113. The minimum absolute atomic E-state index is 0.126. The molecule has 0 fully saturated rings. The number of fused-ring (bicyclic) bond motifs is 1. The van der Waals surface area contributed by atoms with E-state index in [1.165, 1.54) is 27.8 Å². The Kier molecular flexibility index (Phi) is 7.81. The molecule has 1 amide bonds. The van der Waals surface area contributed by atoms with Crippen LogP contribution in [-0.2, 0) is 22.5 Å². The molecule has 0 bridgehead atoms. The van der Waals surface area contributed by atoms with E-state index in [0.717, 1.165) is 28.1 Å². The Hall–Kier alpha value is -2.95. The SMILES string of the molecule is C=CCn1c(SCC(=O)Nc2sc(CC)cc2C(=O)OCC)nnc1-c1csc2ccccc12. The van der Waals surface area contributed by atoms with Gasteiger partial charge in [0.2, 0.25) is 5.91 Å². The van der Waals surface area contributed by atoms with E-state index < -0.39 is 5.97 Å². The van der Waals surface area contributed by atoms with E-state index in [1.54, 1.807) is 30.4 Å². The maximum Gasteiger partial charge on any atom is 0.341 e. The molecule has 0 aliphatic carbocycles. The van der Waals surface area contributed by atoms with Gasteiger partial charge in [0, 0.05) is 32.5 Å². The molecule has 7 nitrogen and oxygen atoms in total. The van der Waals surface area contributed by atoms with Gasteiger partial charge >= 0.3 is 5.97 Å². The zero-order chi connectivity index (χ0) is 24.1. The van der Waals surface area contributed by atoms with Crippen molar-refractivity contribution in [3.8, 4) is 11.4 Å². The predicted octanol–water partition coefficient (Wildman–Crippen LogP) is 5.88. The van der Waals surface area contributed by atoms with Crippen LogP contribution in [0.25, 0.3) is 21.5 Å². The standard InChI is InChI=1S/C24H24N4O3S3/c1-4-11-28-21(18-13-32-19-10-8-7-9-16(18)19)26-27-24(28)33-14-20(29)25-22-17(23(30)31-6-3)12-15(5-2)34-22/h4,7-10,12-13H,1,5-6,11,14H2,2-3H3,(H,25,29). The number of thioether (sulfide) groups is 1. The summed E-state index contributed by atoms with van der Waals surface area (Å²) in [5.74, 6) is 0.215. The highest BCUT2D eigenvalue weighted by Gasteiger charge is 2.21. The van der Waals surface area contributed by atoms with Crippen LogP contribution in [0.15, 0.2) is 53.5 Å². The minimum Gasteiger partial charge on any atom is -0.462 e. The average Bonchev–Trinajstić information content (AvgIpc) is 3.55. The molecule has 3 heterocycles. The second-order valence-corrected chi connectivity index (χ2v) is 10.2. The number of rotatable bonds is 10. The minimum atomic E-state index is -0.431. The fourth-order valence-corrected chi connectivity index (χ4v) is 6.09. The van der Waals surface area contributed by atoms with Crippen molar-refractivity contribution in [3.05, 3.63) is 58.8 Å². The Bertz CT molecular complexity index is 1340. The van der Waals surface area contributed by atoms with Crippen LogP contribution >= 0.6 is 34.4 Å². The maximum absolute atomic E-state index is 12.7. The van der Waals surface area contributed by atoms with Crippen LogP contribution in [-0.4, -0.2) is 39.0 Å². The molecule has 176 valence electrons. The summed E-state index contributed by atoms with van der Waals surface area (Å²) < 4.78 is 8.27. The molecule has 0 saturated heterocycles. The van der Waals surface area contributed by atoms with Crippen LogP contribution in [0, 0.1) is 0 Å². The quantitative estimate of drug-likeness (QED) is 0.162. The number of carbonyl (C=O) groups is 2. The Morgan fingerprint density at radius 1 is 1.26 bits per heavy atom. The first-order chi connectivity index (χ1) is 16.5. The lowest BCUT2D eigenvalue weighted by Crippen LogP contribution is -2.16. The summed E-state index contributed by atoms with van der Waals surface area (Å²) in [5.41, 5.74) is 1.40. The van der Waals surface area contributed by atoms with E-state index in [9.17, 15) is 9.59 Å². The van der Waals surface area contributed by atoms with Crippen LogP contribution in [0.5, 0.6) is 0 Å². The molecule has 0 spiro atoms. The van der Waals surface area contributed by atoms with Gasteiger partial charge in [-0.2, -0.15) is 0 Å². The Labute approximate surface area is 209 Å². The fraction of sp³-hybridized carbons (Fsp3) is 0.250. The van der Waals surface area contributed by atoms with Gasteiger partial charge in [-0.3, -0.25) is 9.36 Å². The monoisotopic (exact) mass is 512 g/mol. The van der Waals surface area contributed by atoms with Gasteiger partial charge in [-0.15, -0.1) is 39.4 Å². The highest BCUT2D eigenvalue weighted by atomic mass is 32.2. The van der Waals surface area contributed by atoms with Crippen molar-refractivity contribution in [2.24, 2.45) is 0 Å². The van der Waals surface area contributed by atoms with Crippen molar-refractivity contribution < 1.29 is 14.3 Å². The molecule has 34 heavy (non-hydrogen) atoms. The molecule has 0 unspecified atom stereocenters. The number of anilines is 1. The van der Waals surface area contributed by atoms with Crippen LogP contribution < -0.4 is 5.32 Å². The van der Waals surface area contributed by atoms with Gasteiger partial charge in [0.05, 0.1) is 17.9 Å². The lowest BCUT2D eigenvalue weighted by atomic mass is 10.1. The Morgan fingerprint density at radius 3 is 2.85 bits per heavy atom. The molecule has 0 aliphatic rings. The van der Waals surface area contributed by atoms with Gasteiger partial charge < -0.3 is 10.1 Å². The van der Waals surface area contributed by atoms with Gasteiger partial charge in [-0.25, -0.2) is 4.79 Å². The van der Waals surface area contributed by atoms with Crippen molar-refractivity contribution in [1.29, 1.82) is 0 Å². The summed E-state index contributed by atoms with van der Waals surface area (Å²) in [6.07, 6.45) is 2.56. The molecule has 1 N–H and O–H groups in total. The third kappa shape index (κ3) is 5.08. The first kappa shape index (κ1) is 24.2. The van der Waals surface area contributed by atoms with Crippen LogP contribution in [0.3, 0.4) is 0 Å². The van der Waals surface area contributed by atoms with Crippen molar-refractivity contribution in [3.63, 3.8) is 0 Å². The van der Waals surface area contributed by atoms with Crippen molar-refractivity contribution >= 4 is 61.4 Å². The van der Waals surface area contributed by atoms with E-state index in [0.29, 0.717) is 22.3 Å². The molecule has 4 aromatic rings. The molecule has 0 radical (unpaired) electrons. The van der Waals surface area contributed by atoms with E-state index in [4.69, 9.17) is 4.74 Å². The predicted molar refractivity (Wildman–Crippen MR) is 140 cm³/mol. The zero-order valence-electron chi connectivity index (χ0n) is 18.9. The number of allylic oxidation sites excluding steroid dienone is 1. The van der Waals surface area contributed by atoms with Gasteiger partial charge in [0.15, 0.2) is 11.0 Å². The Morgan fingerprint density at radius 2 is 2.09 bits per heavy atom. The van der Waals surface area contributed by atoms with Crippen LogP contribution in [0.1, 0.15) is 29.1 Å². The van der Waals surface area contributed by atoms with Crippen LogP contribution in [0.4, 0.5) is 5.00 Å². The maximum atomic E-state index is 12.7. The van der Waals surface area contributed by atoms with E-state index in [2.05, 4.69) is 39.6 Å². The molecule has 1 aromatic carbocycles. The first-order valence-corrected chi connectivity index (χ1v) is 13.5. The highest BCUT2D eigenvalue weighted by Crippen LogP contribution is 2.35. The van der Waals surface area contributed by atoms with Crippen LogP contribution in [0.2, 0.25) is 0 Å². The second kappa shape index (κ2) is 11.0. The number of nitrogens with one attached hydrogen (secondary N) is 1. The number of hydrogen-bond acceptors (Lipinski definition) is 8. The number of benzene rings is 1. The second-order valence-electron chi connectivity index (χ2n) is 7.22. The zero-order valence-corrected chi connectivity index (χ0v) is 21.3. The van der Waals surface area contributed by atoms with Gasteiger partial charge in [0.25, 0.3) is 0 Å². The third-order valence-electron chi connectivity index (χ3n) is 4.96. The number of aromatic nitrogens is 3. The molecule has 0 aliphatic heterocycles. The summed E-state index contributed by atoms with van der Waals surface area (Å²) in [4.78, 5) is 26.0. The number of thiophene rings is 2. The molecule has 0 saturated carbocycles. The average molecular weight is 513 g/mol. The summed E-state index contributed by atoms with van der Waals surface area (Å²) in [5, 5.41) is 16.0.